The molecule has 0 aliphatic rings. The first-order valence-electron chi connectivity index (χ1n) is 3.48. The van der Waals surface area contributed by atoms with Crippen molar-refractivity contribution >= 4 is 15.9 Å². The Hall–Kier alpha value is -1.16. The van der Waals surface area contributed by atoms with Gasteiger partial charge < -0.3 is 4.98 Å². The average Bonchev–Trinajstić information content (AvgIpc) is 2.53. The SMILES string of the molecule is Brc1[nH]cnc1-c1ccccn1. The molecule has 0 unspecified atom stereocenters. The summed E-state index contributed by atoms with van der Waals surface area (Å²) in [6.07, 6.45) is 3.38. The Kier molecular flexibility index (Phi) is 1.91. The first-order valence-corrected chi connectivity index (χ1v) is 4.27. The Balaban J connectivity index is 2.51. The van der Waals surface area contributed by atoms with Gasteiger partial charge in [0.05, 0.1) is 12.0 Å². The molecule has 0 bridgehead atoms. The lowest BCUT2D eigenvalue weighted by atomic mass is 10.3. The zero-order valence-corrected chi connectivity index (χ0v) is 7.75. The first-order chi connectivity index (χ1) is 5.88. The van der Waals surface area contributed by atoms with Crippen molar-refractivity contribution in [2.45, 2.75) is 0 Å². The van der Waals surface area contributed by atoms with Crippen LogP contribution in [0.2, 0.25) is 0 Å². The summed E-state index contributed by atoms with van der Waals surface area (Å²) in [5.41, 5.74) is 1.71. The Morgan fingerprint density at radius 3 is 2.75 bits per heavy atom. The fourth-order valence-electron chi connectivity index (χ4n) is 0.960. The lowest BCUT2D eigenvalue weighted by Crippen LogP contribution is -1.81. The molecule has 0 saturated heterocycles. The zero-order valence-electron chi connectivity index (χ0n) is 6.16. The summed E-state index contributed by atoms with van der Waals surface area (Å²) in [6.45, 7) is 0. The van der Waals surface area contributed by atoms with Crippen LogP contribution in [0.5, 0.6) is 0 Å². The van der Waals surface area contributed by atoms with E-state index < -0.39 is 0 Å². The third-order valence-electron chi connectivity index (χ3n) is 1.50. The Labute approximate surface area is 78.0 Å². The molecule has 2 heterocycles. The number of imidazole rings is 1. The molecule has 0 aromatic carbocycles. The van der Waals surface area contributed by atoms with Gasteiger partial charge in [0, 0.05) is 6.20 Å². The molecule has 0 fully saturated rings. The van der Waals surface area contributed by atoms with E-state index in [0.717, 1.165) is 16.0 Å². The topological polar surface area (TPSA) is 41.6 Å². The fraction of sp³-hybridized carbons (Fsp3) is 0. The zero-order chi connectivity index (χ0) is 8.39. The molecular formula is C8H6BrN3. The van der Waals surface area contributed by atoms with Crippen LogP contribution in [-0.2, 0) is 0 Å². The second-order valence-electron chi connectivity index (χ2n) is 2.28. The number of hydrogen-bond donors (Lipinski definition) is 1. The van der Waals surface area contributed by atoms with E-state index >= 15 is 0 Å². The first kappa shape index (κ1) is 7.49. The highest BCUT2D eigenvalue weighted by Crippen LogP contribution is 2.21. The minimum Gasteiger partial charge on any atom is -0.339 e. The quantitative estimate of drug-likeness (QED) is 0.806. The second kappa shape index (κ2) is 3.06. The molecule has 2 rings (SSSR count). The molecule has 0 aliphatic heterocycles. The normalized spacial score (nSPS) is 10.1. The maximum atomic E-state index is 4.17. The van der Waals surface area contributed by atoms with E-state index in [1.165, 1.54) is 0 Å². The van der Waals surface area contributed by atoms with Crippen LogP contribution in [0.25, 0.3) is 11.4 Å². The highest BCUT2D eigenvalue weighted by atomic mass is 79.9. The van der Waals surface area contributed by atoms with E-state index in [9.17, 15) is 0 Å². The summed E-state index contributed by atoms with van der Waals surface area (Å²) in [6, 6.07) is 5.73. The van der Waals surface area contributed by atoms with E-state index in [1.54, 1.807) is 12.5 Å². The van der Waals surface area contributed by atoms with Gasteiger partial charge in [0.1, 0.15) is 10.3 Å². The van der Waals surface area contributed by atoms with Crippen LogP contribution in [0.3, 0.4) is 0 Å². The van der Waals surface area contributed by atoms with Crippen molar-refractivity contribution in [1.29, 1.82) is 0 Å². The predicted molar refractivity (Wildman–Crippen MR) is 49.5 cm³/mol. The smallest absolute Gasteiger partial charge is 0.121 e. The molecule has 0 spiro atoms. The van der Waals surface area contributed by atoms with Gasteiger partial charge in [-0.05, 0) is 28.1 Å². The van der Waals surface area contributed by atoms with Gasteiger partial charge in [0.15, 0.2) is 0 Å². The third kappa shape index (κ3) is 1.25. The maximum Gasteiger partial charge on any atom is 0.121 e. The van der Waals surface area contributed by atoms with Crippen LogP contribution in [0.1, 0.15) is 0 Å². The van der Waals surface area contributed by atoms with Gasteiger partial charge in [0.2, 0.25) is 0 Å². The largest absolute Gasteiger partial charge is 0.339 e. The number of hydrogen-bond acceptors (Lipinski definition) is 2. The van der Waals surface area contributed by atoms with E-state index in [0.29, 0.717) is 0 Å². The van der Waals surface area contributed by atoms with Crippen LogP contribution < -0.4 is 0 Å². The molecule has 2 aromatic rings. The number of halogens is 1. The molecule has 1 N–H and O–H groups in total. The van der Waals surface area contributed by atoms with Gasteiger partial charge in [0.25, 0.3) is 0 Å². The summed E-state index contributed by atoms with van der Waals surface area (Å²) >= 11 is 3.34. The predicted octanol–water partition coefficient (Wildman–Crippen LogP) is 2.23. The highest BCUT2D eigenvalue weighted by molar-refractivity contribution is 9.10. The van der Waals surface area contributed by atoms with Crippen molar-refractivity contribution in [3.63, 3.8) is 0 Å². The minimum atomic E-state index is 0.843. The second-order valence-corrected chi connectivity index (χ2v) is 3.07. The maximum absolute atomic E-state index is 4.17. The lowest BCUT2D eigenvalue weighted by molar-refractivity contribution is 1.27. The minimum absolute atomic E-state index is 0.843. The molecule has 0 amide bonds. The Morgan fingerprint density at radius 2 is 2.17 bits per heavy atom. The van der Waals surface area contributed by atoms with E-state index in [2.05, 4.69) is 30.9 Å². The molecule has 0 saturated carbocycles. The van der Waals surface area contributed by atoms with Crippen molar-refractivity contribution in [2.24, 2.45) is 0 Å². The average molecular weight is 224 g/mol. The fourth-order valence-corrected chi connectivity index (χ4v) is 1.37. The summed E-state index contributed by atoms with van der Waals surface area (Å²) < 4.78 is 0.862. The summed E-state index contributed by atoms with van der Waals surface area (Å²) in [7, 11) is 0. The van der Waals surface area contributed by atoms with E-state index in [1.807, 2.05) is 18.2 Å². The van der Waals surface area contributed by atoms with Gasteiger partial charge in [-0.2, -0.15) is 0 Å². The summed E-state index contributed by atoms with van der Waals surface area (Å²) in [4.78, 5) is 11.2. The number of nitrogens with one attached hydrogen (secondary N) is 1. The number of aromatic nitrogens is 3. The van der Waals surface area contributed by atoms with E-state index in [4.69, 9.17) is 0 Å². The highest BCUT2D eigenvalue weighted by Gasteiger charge is 2.04. The number of rotatable bonds is 1. The van der Waals surface area contributed by atoms with Crippen molar-refractivity contribution in [3.05, 3.63) is 35.3 Å². The monoisotopic (exact) mass is 223 g/mol. The number of aromatic amines is 1. The standard InChI is InChI=1S/C8H6BrN3/c9-8-7(11-5-12-8)6-3-1-2-4-10-6/h1-5H,(H,11,12). The van der Waals surface area contributed by atoms with Gasteiger partial charge >= 0.3 is 0 Å². The van der Waals surface area contributed by atoms with Crippen molar-refractivity contribution < 1.29 is 0 Å². The molecule has 4 heteroatoms. The number of nitrogens with zero attached hydrogens (tertiary/aromatic N) is 2. The summed E-state index contributed by atoms with van der Waals surface area (Å²) in [5, 5.41) is 0. The molecule has 0 radical (unpaired) electrons. The molecule has 0 atom stereocenters. The molecule has 2 aromatic heterocycles. The van der Waals surface area contributed by atoms with Gasteiger partial charge in [-0.3, -0.25) is 4.98 Å². The van der Waals surface area contributed by atoms with Crippen LogP contribution in [0.4, 0.5) is 0 Å². The van der Waals surface area contributed by atoms with Crippen molar-refractivity contribution in [3.8, 4) is 11.4 Å². The van der Waals surface area contributed by atoms with Gasteiger partial charge in [-0.15, -0.1) is 0 Å². The van der Waals surface area contributed by atoms with Gasteiger partial charge in [-0.1, -0.05) is 6.07 Å². The van der Waals surface area contributed by atoms with E-state index in [-0.39, 0.29) is 0 Å². The third-order valence-corrected chi connectivity index (χ3v) is 2.10. The molecular weight excluding hydrogens is 218 g/mol. The number of H-pyrrole nitrogens is 1. The Bertz CT molecular complexity index is 369. The molecule has 3 nitrogen and oxygen atoms in total. The summed E-state index contributed by atoms with van der Waals surface area (Å²) in [5.74, 6) is 0. The Morgan fingerprint density at radius 1 is 1.25 bits per heavy atom. The van der Waals surface area contributed by atoms with Gasteiger partial charge in [-0.25, -0.2) is 4.98 Å². The molecule has 60 valence electrons. The van der Waals surface area contributed by atoms with Crippen molar-refractivity contribution in [2.75, 3.05) is 0 Å². The molecule has 12 heavy (non-hydrogen) atoms. The van der Waals surface area contributed by atoms with Crippen LogP contribution >= 0.6 is 15.9 Å². The van der Waals surface area contributed by atoms with Crippen LogP contribution in [-0.4, -0.2) is 15.0 Å². The van der Waals surface area contributed by atoms with Crippen LogP contribution in [0.15, 0.2) is 35.3 Å². The number of pyridine rings is 1. The molecule has 0 aliphatic carbocycles. The van der Waals surface area contributed by atoms with Crippen molar-refractivity contribution in [1.82, 2.24) is 15.0 Å². The lowest BCUT2D eigenvalue weighted by Gasteiger charge is -1.93. The van der Waals surface area contributed by atoms with Crippen LogP contribution in [0, 0.1) is 0 Å².